The van der Waals surface area contributed by atoms with E-state index in [4.69, 9.17) is 0 Å². The van der Waals surface area contributed by atoms with Gasteiger partial charge in [-0.3, -0.25) is 19.7 Å². The number of carbonyl (C=O) groups excluding carboxylic acids is 2. The summed E-state index contributed by atoms with van der Waals surface area (Å²) in [5.41, 5.74) is -0.512. The SMILES string of the molecule is Cc1c(F)cc(C(=O)N2CCN(C(=O)CCC3CCCCC3)CC2)cc1[N+](=O)[O-]. The number of hydrogen-bond acceptors (Lipinski definition) is 4. The van der Waals surface area contributed by atoms with Crippen LogP contribution in [0.25, 0.3) is 0 Å². The molecule has 158 valence electrons. The zero-order valence-corrected chi connectivity index (χ0v) is 16.9. The second-order valence-corrected chi connectivity index (χ2v) is 8.08. The first-order chi connectivity index (χ1) is 13.9. The Labute approximate surface area is 170 Å². The van der Waals surface area contributed by atoms with Crippen LogP contribution >= 0.6 is 0 Å². The number of carbonyl (C=O) groups is 2. The predicted octanol–water partition coefficient (Wildman–Crippen LogP) is 3.69. The molecule has 7 nitrogen and oxygen atoms in total. The van der Waals surface area contributed by atoms with Crippen molar-refractivity contribution < 1.29 is 18.9 Å². The zero-order valence-electron chi connectivity index (χ0n) is 16.9. The van der Waals surface area contributed by atoms with E-state index < -0.39 is 22.3 Å². The molecule has 8 heteroatoms. The van der Waals surface area contributed by atoms with Crippen molar-refractivity contribution in [2.45, 2.75) is 51.9 Å². The van der Waals surface area contributed by atoms with Crippen LogP contribution in [-0.2, 0) is 4.79 Å². The number of piperazine rings is 1. The fraction of sp³-hybridized carbons (Fsp3) is 0.619. The van der Waals surface area contributed by atoms with Crippen molar-refractivity contribution >= 4 is 17.5 Å². The van der Waals surface area contributed by atoms with E-state index in [0.29, 0.717) is 38.5 Å². The standard InChI is InChI=1S/C21H28FN3O4/c1-15-18(22)13-17(14-19(15)25(28)29)21(27)24-11-9-23(10-12-24)20(26)8-7-16-5-3-2-4-6-16/h13-14,16H,2-12H2,1H3. The molecular formula is C21H28FN3O4. The Bertz CT molecular complexity index is 784. The molecule has 2 aliphatic rings. The molecule has 1 heterocycles. The smallest absolute Gasteiger partial charge is 0.276 e. The van der Waals surface area contributed by atoms with Gasteiger partial charge in [-0.1, -0.05) is 32.1 Å². The van der Waals surface area contributed by atoms with Crippen LogP contribution in [0.2, 0.25) is 0 Å². The van der Waals surface area contributed by atoms with E-state index in [1.54, 1.807) is 4.90 Å². The fourth-order valence-electron chi connectivity index (χ4n) is 4.28. The summed E-state index contributed by atoms with van der Waals surface area (Å²) in [6, 6.07) is 2.18. The highest BCUT2D eigenvalue weighted by molar-refractivity contribution is 5.95. The third-order valence-corrected chi connectivity index (χ3v) is 6.17. The molecule has 0 bridgehead atoms. The molecule has 1 aliphatic heterocycles. The van der Waals surface area contributed by atoms with Gasteiger partial charge in [-0.05, 0) is 25.3 Å². The predicted molar refractivity (Wildman–Crippen MR) is 106 cm³/mol. The molecule has 1 aromatic carbocycles. The summed E-state index contributed by atoms with van der Waals surface area (Å²) < 4.78 is 14.0. The first kappa shape index (κ1) is 21.2. The maximum Gasteiger partial charge on any atom is 0.276 e. The molecule has 0 atom stereocenters. The quantitative estimate of drug-likeness (QED) is 0.552. The lowest BCUT2D eigenvalue weighted by Gasteiger charge is -2.35. The van der Waals surface area contributed by atoms with Crippen molar-refractivity contribution in [3.8, 4) is 0 Å². The van der Waals surface area contributed by atoms with Gasteiger partial charge in [0.15, 0.2) is 0 Å². The fourth-order valence-corrected chi connectivity index (χ4v) is 4.28. The molecule has 1 aromatic rings. The molecule has 2 fully saturated rings. The monoisotopic (exact) mass is 405 g/mol. The highest BCUT2D eigenvalue weighted by Crippen LogP contribution is 2.28. The molecule has 29 heavy (non-hydrogen) atoms. The van der Waals surface area contributed by atoms with Gasteiger partial charge in [-0.2, -0.15) is 0 Å². The van der Waals surface area contributed by atoms with Crippen LogP contribution in [0.5, 0.6) is 0 Å². The summed E-state index contributed by atoms with van der Waals surface area (Å²) >= 11 is 0. The first-order valence-electron chi connectivity index (χ1n) is 10.4. The van der Waals surface area contributed by atoms with Crippen molar-refractivity contribution in [3.63, 3.8) is 0 Å². The van der Waals surface area contributed by atoms with E-state index >= 15 is 0 Å². The van der Waals surface area contributed by atoms with Gasteiger partial charge in [0.05, 0.1) is 10.5 Å². The minimum absolute atomic E-state index is 0.0307. The third kappa shape index (κ3) is 5.10. The van der Waals surface area contributed by atoms with Gasteiger partial charge in [-0.15, -0.1) is 0 Å². The largest absolute Gasteiger partial charge is 0.339 e. The number of rotatable bonds is 5. The van der Waals surface area contributed by atoms with Crippen LogP contribution in [0.3, 0.4) is 0 Å². The van der Waals surface area contributed by atoms with Crippen LogP contribution in [0.15, 0.2) is 12.1 Å². The lowest BCUT2D eigenvalue weighted by Crippen LogP contribution is -2.50. The minimum atomic E-state index is -0.765. The summed E-state index contributed by atoms with van der Waals surface area (Å²) in [6.07, 6.45) is 7.74. The van der Waals surface area contributed by atoms with Crippen LogP contribution in [-0.4, -0.2) is 52.7 Å². The van der Waals surface area contributed by atoms with E-state index in [-0.39, 0.29) is 17.0 Å². The van der Waals surface area contributed by atoms with Gasteiger partial charge in [0.1, 0.15) is 5.82 Å². The third-order valence-electron chi connectivity index (χ3n) is 6.17. The Morgan fingerprint density at radius 1 is 1.10 bits per heavy atom. The zero-order chi connectivity index (χ0) is 21.0. The Morgan fingerprint density at radius 3 is 2.34 bits per heavy atom. The van der Waals surface area contributed by atoms with E-state index in [9.17, 15) is 24.1 Å². The molecule has 3 rings (SSSR count). The Morgan fingerprint density at radius 2 is 1.72 bits per heavy atom. The maximum absolute atomic E-state index is 14.0. The highest BCUT2D eigenvalue weighted by atomic mass is 19.1. The van der Waals surface area contributed by atoms with Gasteiger partial charge < -0.3 is 9.80 Å². The van der Waals surface area contributed by atoms with Crippen LogP contribution in [0.1, 0.15) is 60.9 Å². The number of hydrogen-bond donors (Lipinski definition) is 0. The number of halogens is 1. The lowest BCUT2D eigenvalue weighted by molar-refractivity contribution is -0.385. The Kier molecular flexibility index (Phi) is 6.82. The number of nitrogens with zero attached hydrogens (tertiary/aromatic N) is 3. The molecule has 0 aromatic heterocycles. The lowest BCUT2D eigenvalue weighted by atomic mass is 9.86. The van der Waals surface area contributed by atoms with Gasteiger partial charge in [-0.25, -0.2) is 4.39 Å². The Balaban J connectivity index is 1.54. The van der Waals surface area contributed by atoms with Crippen LogP contribution in [0.4, 0.5) is 10.1 Å². The van der Waals surface area contributed by atoms with E-state index in [1.807, 2.05) is 0 Å². The molecule has 0 radical (unpaired) electrons. The number of amides is 2. The molecule has 0 unspecified atom stereocenters. The second kappa shape index (κ2) is 9.33. The topological polar surface area (TPSA) is 83.8 Å². The van der Waals surface area contributed by atoms with Crippen LogP contribution < -0.4 is 0 Å². The maximum atomic E-state index is 14.0. The first-order valence-corrected chi connectivity index (χ1v) is 10.4. The van der Waals surface area contributed by atoms with Crippen molar-refractivity contribution in [3.05, 3.63) is 39.2 Å². The molecule has 1 saturated heterocycles. The van der Waals surface area contributed by atoms with E-state index in [1.165, 1.54) is 43.9 Å². The summed E-state index contributed by atoms with van der Waals surface area (Å²) in [4.78, 5) is 38.9. The summed E-state index contributed by atoms with van der Waals surface area (Å²) in [5, 5.41) is 11.1. The van der Waals surface area contributed by atoms with E-state index in [0.717, 1.165) is 18.6 Å². The van der Waals surface area contributed by atoms with Crippen molar-refractivity contribution in [1.82, 2.24) is 9.80 Å². The van der Waals surface area contributed by atoms with Gasteiger partial charge in [0.25, 0.3) is 11.6 Å². The average molecular weight is 405 g/mol. The summed E-state index contributed by atoms with van der Waals surface area (Å²) in [5.74, 6) is -0.428. The summed E-state index contributed by atoms with van der Waals surface area (Å²) in [6.45, 7) is 2.88. The van der Waals surface area contributed by atoms with Crippen molar-refractivity contribution in [2.75, 3.05) is 26.2 Å². The van der Waals surface area contributed by atoms with Gasteiger partial charge >= 0.3 is 0 Å². The van der Waals surface area contributed by atoms with Gasteiger partial charge in [0.2, 0.25) is 5.91 Å². The number of benzene rings is 1. The number of nitro benzene ring substituents is 1. The highest BCUT2D eigenvalue weighted by Gasteiger charge is 2.27. The molecule has 2 amide bonds. The number of nitro groups is 1. The minimum Gasteiger partial charge on any atom is -0.339 e. The van der Waals surface area contributed by atoms with Crippen LogP contribution in [0, 0.1) is 28.8 Å². The molecular weight excluding hydrogens is 377 g/mol. The van der Waals surface area contributed by atoms with Crippen molar-refractivity contribution in [1.29, 1.82) is 0 Å². The average Bonchev–Trinajstić information content (AvgIpc) is 2.74. The van der Waals surface area contributed by atoms with E-state index in [2.05, 4.69) is 0 Å². The molecule has 1 aliphatic carbocycles. The van der Waals surface area contributed by atoms with Crippen molar-refractivity contribution in [2.24, 2.45) is 5.92 Å². The molecule has 1 saturated carbocycles. The normalized spacial score (nSPS) is 18.0. The van der Waals surface area contributed by atoms with Gasteiger partial charge in [0, 0.05) is 44.2 Å². The summed E-state index contributed by atoms with van der Waals surface area (Å²) in [7, 11) is 0. The molecule has 0 N–H and O–H groups in total. The molecule has 0 spiro atoms. The Hall–Kier alpha value is -2.51. The second-order valence-electron chi connectivity index (χ2n) is 8.08.